The molecule has 0 bridgehead atoms. The molecule has 124 valence electrons. The summed E-state index contributed by atoms with van der Waals surface area (Å²) in [5, 5.41) is 9.42. The topological polar surface area (TPSA) is 89.0 Å². The first-order valence-electron chi connectivity index (χ1n) is 6.41. The minimum absolute atomic E-state index is 0.0857. The van der Waals surface area contributed by atoms with Crippen LogP contribution in [0, 0.1) is 11.3 Å². The smallest absolute Gasteiger partial charge is 0.417 e. The number of nitrogens with zero attached hydrogens (tertiary/aromatic N) is 2. The number of hydrogen-bond donors (Lipinski definition) is 1. The summed E-state index contributed by atoms with van der Waals surface area (Å²) in [7, 11) is 0. The molecule has 0 aliphatic rings. The van der Waals surface area contributed by atoms with E-state index >= 15 is 0 Å². The Kier molecular flexibility index (Phi) is 4.95. The average molecular weight is 356 g/mol. The van der Waals surface area contributed by atoms with Gasteiger partial charge in [0.05, 0.1) is 11.3 Å². The Labute approximate surface area is 139 Å². The largest absolute Gasteiger partial charge is 0.467 e. The van der Waals surface area contributed by atoms with Crippen LogP contribution in [0.25, 0.3) is 11.3 Å². The molecule has 0 saturated heterocycles. The second kappa shape index (κ2) is 6.76. The molecule has 1 aromatic carbocycles. The van der Waals surface area contributed by atoms with E-state index in [1.807, 2.05) is 0 Å². The number of pyridine rings is 1. The van der Waals surface area contributed by atoms with Gasteiger partial charge in [-0.2, -0.15) is 18.4 Å². The first-order valence-corrected chi connectivity index (χ1v) is 6.79. The first-order chi connectivity index (χ1) is 11.2. The normalized spacial score (nSPS) is 11.0. The van der Waals surface area contributed by atoms with Crippen LogP contribution in [-0.2, 0) is 11.0 Å². The van der Waals surface area contributed by atoms with Crippen molar-refractivity contribution in [2.75, 3.05) is 6.61 Å². The highest BCUT2D eigenvalue weighted by atomic mass is 35.5. The SMILES string of the molecule is N#Cc1c(C(F)(F)F)cc(-c2ccc(Cl)cc2)nc1OCC(N)=O. The number of hydrogen-bond acceptors (Lipinski definition) is 4. The van der Waals surface area contributed by atoms with E-state index in [2.05, 4.69) is 4.98 Å². The van der Waals surface area contributed by atoms with Crippen molar-refractivity contribution in [1.29, 1.82) is 5.26 Å². The average Bonchev–Trinajstić information content (AvgIpc) is 2.51. The van der Waals surface area contributed by atoms with E-state index in [0.29, 0.717) is 10.6 Å². The van der Waals surface area contributed by atoms with Crippen LogP contribution in [0.15, 0.2) is 30.3 Å². The molecule has 0 unspecified atom stereocenters. The number of ether oxygens (including phenoxy) is 1. The van der Waals surface area contributed by atoms with Gasteiger partial charge in [-0.25, -0.2) is 4.98 Å². The molecule has 1 aromatic heterocycles. The molecule has 24 heavy (non-hydrogen) atoms. The fourth-order valence-electron chi connectivity index (χ4n) is 1.87. The van der Waals surface area contributed by atoms with Crippen LogP contribution in [0.2, 0.25) is 5.02 Å². The lowest BCUT2D eigenvalue weighted by Crippen LogP contribution is -2.21. The van der Waals surface area contributed by atoms with Crippen molar-refractivity contribution in [2.45, 2.75) is 6.18 Å². The molecule has 2 N–H and O–H groups in total. The second-order valence-corrected chi connectivity index (χ2v) is 5.04. The van der Waals surface area contributed by atoms with Gasteiger partial charge in [0.2, 0.25) is 5.88 Å². The number of benzene rings is 1. The Hall–Kier alpha value is -2.79. The van der Waals surface area contributed by atoms with Crippen molar-refractivity contribution in [2.24, 2.45) is 5.73 Å². The summed E-state index contributed by atoms with van der Waals surface area (Å²) in [5.74, 6) is -1.53. The van der Waals surface area contributed by atoms with Crippen molar-refractivity contribution in [3.8, 4) is 23.2 Å². The van der Waals surface area contributed by atoms with Gasteiger partial charge in [-0.1, -0.05) is 23.7 Å². The fourth-order valence-corrected chi connectivity index (χ4v) is 1.99. The van der Waals surface area contributed by atoms with E-state index in [1.54, 1.807) is 0 Å². The summed E-state index contributed by atoms with van der Waals surface area (Å²) in [6.07, 6.45) is -4.81. The molecule has 0 fully saturated rings. The van der Waals surface area contributed by atoms with Crippen LogP contribution < -0.4 is 10.5 Å². The number of halogens is 4. The zero-order valence-corrected chi connectivity index (χ0v) is 12.6. The molecule has 0 spiro atoms. The van der Waals surface area contributed by atoms with Gasteiger partial charge in [0.1, 0.15) is 11.6 Å². The van der Waals surface area contributed by atoms with Gasteiger partial charge in [-0.3, -0.25) is 4.79 Å². The zero-order valence-electron chi connectivity index (χ0n) is 11.9. The summed E-state index contributed by atoms with van der Waals surface area (Å²) in [4.78, 5) is 14.7. The van der Waals surface area contributed by atoms with E-state index in [-0.39, 0.29) is 5.69 Å². The Morgan fingerprint density at radius 2 is 1.96 bits per heavy atom. The van der Waals surface area contributed by atoms with Crippen molar-refractivity contribution in [1.82, 2.24) is 4.98 Å². The maximum Gasteiger partial charge on any atom is 0.417 e. The Balaban J connectivity index is 2.64. The summed E-state index contributed by atoms with van der Waals surface area (Å²) in [6, 6.07) is 8.03. The highest BCUT2D eigenvalue weighted by Crippen LogP contribution is 2.37. The van der Waals surface area contributed by atoms with Crippen LogP contribution in [-0.4, -0.2) is 17.5 Å². The molecule has 2 aromatic rings. The number of nitrogens with two attached hydrogens (primary N) is 1. The van der Waals surface area contributed by atoms with Gasteiger partial charge in [0, 0.05) is 10.6 Å². The lowest BCUT2D eigenvalue weighted by molar-refractivity contribution is -0.137. The maximum atomic E-state index is 13.2. The molecular weight excluding hydrogens is 347 g/mol. The lowest BCUT2D eigenvalue weighted by Gasteiger charge is -2.14. The van der Waals surface area contributed by atoms with Gasteiger partial charge < -0.3 is 10.5 Å². The van der Waals surface area contributed by atoms with Crippen molar-refractivity contribution < 1.29 is 22.7 Å². The van der Waals surface area contributed by atoms with Gasteiger partial charge >= 0.3 is 6.18 Å². The third-order valence-electron chi connectivity index (χ3n) is 2.89. The number of alkyl halides is 3. The molecule has 0 atom stereocenters. The molecule has 9 heteroatoms. The molecule has 0 radical (unpaired) electrons. The van der Waals surface area contributed by atoms with E-state index in [9.17, 15) is 18.0 Å². The number of carbonyl (C=O) groups excluding carboxylic acids is 1. The van der Waals surface area contributed by atoms with E-state index in [0.717, 1.165) is 6.07 Å². The minimum Gasteiger partial charge on any atom is -0.467 e. The molecule has 1 heterocycles. The van der Waals surface area contributed by atoms with Crippen molar-refractivity contribution in [3.05, 3.63) is 46.5 Å². The third-order valence-corrected chi connectivity index (χ3v) is 3.15. The number of nitriles is 1. The molecule has 2 rings (SSSR count). The number of primary amides is 1. The fraction of sp³-hybridized carbons (Fsp3) is 0.133. The molecule has 0 aliphatic carbocycles. The predicted octanol–water partition coefficient (Wildman–Crippen LogP) is 3.16. The van der Waals surface area contributed by atoms with Crippen LogP contribution in [0.3, 0.4) is 0 Å². The first kappa shape index (κ1) is 17.6. The second-order valence-electron chi connectivity index (χ2n) is 4.61. The summed E-state index contributed by atoms with van der Waals surface area (Å²) in [5.41, 5.74) is 3.12. The van der Waals surface area contributed by atoms with Crippen LogP contribution in [0.5, 0.6) is 5.88 Å². The Morgan fingerprint density at radius 3 is 2.46 bits per heavy atom. The molecular formula is C15H9ClF3N3O2. The Bertz CT molecular complexity index is 814. The van der Waals surface area contributed by atoms with Crippen molar-refractivity contribution in [3.63, 3.8) is 0 Å². The van der Waals surface area contributed by atoms with Crippen molar-refractivity contribution >= 4 is 17.5 Å². The van der Waals surface area contributed by atoms with Gasteiger partial charge in [0.15, 0.2) is 6.61 Å². The number of amides is 1. The maximum absolute atomic E-state index is 13.2. The lowest BCUT2D eigenvalue weighted by atomic mass is 10.0. The number of carbonyl (C=O) groups is 1. The van der Waals surface area contributed by atoms with Crippen LogP contribution in [0.4, 0.5) is 13.2 Å². The molecule has 0 saturated carbocycles. The predicted molar refractivity (Wildman–Crippen MR) is 79.1 cm³/mol. The number of rotatable bonds is 4. The van der Waals surface area contributed by atoms with Crippen LogP contribution in [0.1, 0.15) is 11.1 Å². The van der Waals surface area contributed by atoms with Gasteiger partial charge in [0.25, 0.3) is 5.91 Å². The Morgan fingerprint density at radius 1 is 1.33 bits per heavy atom. The standard InChI is InChI=1S/C15H9ClF3N3O2/c16-9-3-1-8(2-4-9)12-5-11(15(17,18)19)10(6-20)14(22-12)24-7-13(21)23/h1-5H,7H2,(H2,21,23). The minimum atomic E-state index is -4.81. The molecule has 5 nitrogen and oxygen atoms in total. The van der Waals surface area contributed by atoms with Crippen LogP contribution >= 0.6 is 11.6 Å². The third kappa shape index (κ3) is 3.94. The van der Waals surface area contributed by atoms with Gasteiger partial charge in [-0.15, -0.1) is 0 Å². The quantitative estimate of drug-likeness (QED) is 0.912. The number of aromatic nitrogens is 1. The molecule has 1 amide bonds. The molecule has 0 aliphatic heterocycles. The van der Waals surface area contributed by atoms with E-state index in [1.165, 1.54) is 30.3 Å². The summed E-state index contributed by atoms with van der Waals surface area (Å²) < 4.78 is 44.6. The zero-order chi connectivity index (χ0) is 17.9. The van der Waals surface area contributed by atoms with E-state index < -0.39 is 35.7 Å². The highest BCUT2D eigenvalue weighted by Gasteiger charge is 2.36. The highest BCUT2D eigenvalue weighted by molar-refractivity contribution is 6.30. The van der Waals surface area contributed by atoms with E-state index in [4.69, 9.17) is 27.3 Å². The summed E-state index contributed by atoms with van der Waals surface area (Å²) in [6.45, 7) is -0.705. The van der Waals surface area contributed by atoms with Gasteiger partial charge in [-0.05, 0) is 18.2 Å². The summed E-state index contributed by atoms with van der Waals surface area (Å²) >= 11 is 5.75. The monoisotopic (exact) mass is 355 g/mol.